The smallest absolute Gasteiger partial charge is 0.121 e. The van der Waals surface area contributed by atoms with Crippen molar-refractivity contribution in [2.45, 2.75) is 6.92 Å². The first-order chi connectivity index (χ1) is 6.27. The molecular weight excluding hydrogens is 281 g/mol. The van der Waals surface area contributed by atoms with Gasteiger partial charge in [0.1, 0.15) is 10.0 Å². The maximum atomic E-state index is 5.03. The van der Waals surface area contributed by atoms with Crippen LogP contribution in [-0.4, -0.2) is 36.5 Å². The first-order valence-electron chi connectivity index (χ1n) is 4.21. The van der Waals surface area contributed by atoms with E-state index in [4.69, 9.17) is 4.74 Å². The van der Waals surface area contributed by atoms with E-state index in [2.05, 4.69) is 39.5 Å². The van der Waals surface area contributed by atoms with E-state index in [9.17, 15) is 0 Å². The molecule has 0 spiro atoms. The molecule has 0 radical (unpaired) electrons. The molecule has 0 bridgehead atoms. The van der Waals surface area contributed by atoms with E-state index in [1.807, 2.05) is 17.2 Å². The van der Waals surface area contributed by atoms with Gasteiger partial charge in [-0.05, 0) is 29.5 Å². The molecule has 1 aromatic heterocycles. The maximum Gasteiger partial charge on any atom is 0.121 e. The zero-order valence-corrected chi connectivity index (χ0v) is 10.1. The molecule has 0 fully saturated rings. The van der Waals surface area contributed by atoms with Gasteiger partial charge in [-0.25, -0.2) is 4.98 Å². The summed E-state index contributed by atoms with van der Waals surface area (Å²) in [5.41, 5.74) is 0. The lowest BCUT2D eigenvalue weighted by Crippen LogP contribution is -2.36. The Morgan fingerprint density at radius 2 is 2.46 bits per heavy atom. The summed E-state index contributed by atoms with van der Waals surface area (Å²) in [7, 11) is 1.71. The van der Waals surface area contributed by atoms with Gasteiger partial charge in [0.25, 0.3) is 0 Å². The monoisotopic (exact) mass is 295 g/mol. The number of halogens is 1. The van der Waals surface area contributed by atoms with E-state index < -0.39 is 0 Å². The third-order valence-corrected chi connectivity index (χ3v) is 2.34. The molecule has 0 N–H and O–H groups in total. The lowest BCUT2D eigenvalue weighted by molar-refractivity contribution is 0.200. The number of ether oxygens (including phenoxy) is 1. The van der Waals surface area contributed by atoms with Crippen molar-refractivity contribution < 1.29 is 4.74 Å². The van der Waals surface area contributed by atoms with Gasteiger partial charge in [0.05, 0.1) is 19.3 Å². The maximum absolute atomic E-state index is 5.03. The van der Waals surface area contributed by atoms with Crippen molar-refractivity contribution in [3.8, 4) is 0 Å². The predicted octanol–water partition coefficient (Wildman–Crippen LogP) is 1.09. The van der Waals surface area contributed by atoms with Crippen LogP contribution in [-0.2, 0) is 4.74 Å². The Hall–Kier alpha value is -0.300. The number of hydrogen-bond acceptors (Lipinski definition) is 3. The van der Waals surface area contributed by atoms with Crippen molar-refractivity contribution in [1.82, 2.24) is 9.66 Å². The zero-order chi connectivity index (χ0) is 9.68. The lowest BCUT2D eigenvalue weighted by atomic mass is 10.6. The number of hydrogen-bond donors (Lipinski definition) is 0. The molecule has 0 aromatic carbocycles. The van der Waals surface area contributed by atoms with E-state index in [-0.39, 0.29) is 0 Å². The molecule has 0 aliphatic rings. The van der Waals surface area contributed by atoms with Crippen LogP contribution in [0.5, 0.6) is 0 Å². The minimum atomic E-state index is 0.739. The predicted molar refractivity (Wildman–Crippen MR) is 60.4 cm³/mol. The Bertz CT molecular complexity index is 251. The molecule has 4 nitrogen and oxygen atoms in total. The first-order valence-corrected chi connectivity index (χ1v) is 5.29. The standard InChI is InChI=1S/C8H14IN3O/c1-3-11(4-5-13-2)12-6-8(9)10-7-12/h6-7H,3-5H2,1-2H3. The number of likely N-dealkylation sites (N-methyl/N-ethyl adjacent to an activating group) is 1. The van der Waals surface area contributed by atoms with Gasteiger partial charge in [0.15, 0.2) is 0 Å². The highest BCUT2D eigenvalue weighted by atomic mass is 127. The van der Waals surface area contributed by atoms with E-state index in [1.165, 1.54) is 0 Å². The SMILES string of the molecule is CCN(CCOC)n1cnc(I)c1. The topological polar surface area (TPSA) is 30.3 Å². The van der Waals surface area contributed by atoms with Crippen LogP contribution in [0.25, 0.3) is 0 Å². The van der Waals surface area contributed by atoms with Crippen LogP contribution in [0.2, 0.25) is 0 Å². The van der Waals surface area contributed by atoms with Crippen LogP contribution in [0.15, 0.2) is 12.5 Å². The molecule has 0 saturated carbocycles. The molecule has 13 heavy (non-hydrogen) atoms. The van der Waals surface area contributed by atoms with Gasteiger partial charge < -0.3 is 9.75 Å². The zero-order valence-electron chi connectivity index (χ0n) is 7.90. The molecule has 5 heteroatoms. The summed E-state index contributed by atoms with van der Waals surface area (Å²) in [6, 6.07) is 0. The fraction of sp³-hybridized carbons (Fsp3) is 0.625. The van der Waals surface area contributed by atoms with Crippen LogP contribution >= 0.6 is 22.6 Å². The molecule has 1 heterocycles. The van der Waals surface area contributed by atoms with Crippen molar-refractivity contribution in [2.24, 2.45) is 0 Å². The summed E-state index contributed by atoms with van der Waals surface area (Å²) in [6.45, 7) is 4.69. The summed E-state index contributed by atoms with van der Waals surface area (Å²) in [5.74, 6) is 0. The normalized spacial score (nSPS) is 10.4. The highest BCUT2D eigenvalue weighted by Crippen LogP contribution is 2.00. The largest absolute Gasteiger partial charge is 0.383 e. The molecule has 0 unspecified atom stereocenters. The van der Waals surface area contributed by atoms with E-state index in [0.29, 0.717) is 0 Å². The third kappa shape index (κ3) is 3.15. The number of aromatic nitrogens is 2. The molecule has 0 atom stereocenters. The van der Waals surface area contributed by atoms with Crippen LogP contribution < -0.4 is 5.01 Å². The quantitative estimate of drug-likeness (QED) is 0.762. The van der Waals surface area contributed by atoms with Gasteiger partial charge in [-0.3, -0.25) is 4.68 Å². The average Bonchev–Trinajstić information content (AvgIpc) is 2.54. The van der Waals surface area contributed by atoms with Crippen molar-refractivity contribution in [3.63, 3.8) is 0 Å². The fourth-order valence-corrected chi connectivity index (χ4v) is 1.49. The molecule has 1 rings (SSSR count). The van der Waals surface area contributed by atoms with Gasteiger partial charge in [-0.2, -0.15) is 0 Å². The Morgan fingerprint density at radius 3 is 2.92 bits per heavy atom. The van der Waals surface area contributed by atoms with Gasteiger partial charge in [-0.15, -0.1) is 0 Å². The van der Waals surface area contributed by atoms with Crippen molar-refractivity contribution >= 4 is 22.6 Å². The number of imidazole rings is 1. The van der Waals surface area contributed by atoms with Crippen molar-refractivity contribution in [1.29, 1.82) is 0 Å². The first kappa shape index (κ1) is 10.8. The van der Waals surface area contributed by atoms with Crippen LogP contribution in [0.4, 0.5) is 0 Å². The molecule has 0 saturated heterocycles. The minimum absolute atomic E-state index is 0.739. The van der Waals surface area contributed by atoms with Crippen LogP contribution in [0, 0.1) is 3.70 Å². The second-order valence-electron chi connectivity index (χ2n) is 2.62. The van der Waals surface area contributed by atoms with Gasteiger partial charge in [0, 0.05) is 13.7 Å². The molecule has 0 aliphatic heterocycles. The average molecular weight is 295 g/mol. The van der Waals surface area contributed by atoms with E-state index in [1.54, 1.807) is 7.11 Å². The molecule has 1 aromatic rings. The Balaban J connectivity index is 2.56. The van der Waals surface area contributed by atoms with Gasteiger partial charge in [0.2, 0.25) is 0 Å². The summed E-state index contributed by atoms with van der Waals surface area (Å²) in [6.07, 6.45) is 3.82. The Morgan fingerprint density at radius 1 is 1.69 bits per heavy atom. The van der Waals surface area contributed by atoms with Gasteiger partial charge >= 0.3 is 0 Å². The second-order valence-corrected chi connectivity index (χ2v) is 3.72. The van der Waals surface area contributed by atoms with Gasteiger partial charge in [-0.1, -0.05) is 0 Å². The summed E-state index contributed by atoms with van der Waals surface area (Å²) in [4.78, 5) is 4.16. The number of methoxy groups -OCH3 is 1. The summed E-state index contributed by atoms with van der Waals surface area (Å²) in [5, 5.41) is 2.17. The third-order valence-electron chi connectivity index (χ3n) is 1.78. The Kier molecular flexibility index (Phi) is 4.51. The van der Waals surface area contributed by atoms with Crippen LogP contribution in [0.1, 0.15) is 6.92 Å². The molecule has 0 aliphatic carbocycles. The molecule has 0 amide bonds. The summed E-state index contributed by atoms with van der Waals surface area (Å²) >= 11 is 2.20. The van der Waals surface area contributed by atoms with Crippen molar-refractivity contribution in [3.05, 3.63) is 16.2 Å². The van der Waals surface area contributed by atoms with Crippen LogP contribution in [0.3, 0.4) is 0 Å². The highest BCUT2D eigenvalue weighted by molar-refractivity contribution is 14.1. The number of rotatable bonds is 5. The fourth-order valence-electron chi connectivity index (χ4n) is 1.08. The molecule has 74 valence electrons. The highest BCUT2D eigenvalue weighted by Gasteiger charge is 2.02. The lowest BCUT2D eigenvalue weighted by Gasteiger charge is -2.22. The van der Waals surface area contributed by atoms with E-state index >= 15 is 0 Å². The summed E-state index contributed by atoms with van der Waals surface area (Å²) < 4.78 is 8.03. The Labute approximate surface area is 92.0 Å². The molecular formula is C8H14IN3O. The second kappa shape index (κ2) is 5.43. The van der Waals surface area contributed by atoms with E-state index in [0.717, 1.165) is 23.4 Å². The van der Waals surface area contributed by atoms with Crippen molar-refractivity contribution in [2.75, 3.05) is 31.8 Å². The number of nitrogens with zero attached hydrogens (tertiary/aromatic N) is 3. The minimum Gasteiger partial charge on any atom is -0.383 e.